The molecule has 4 aromatic rings. The quantitative estimate of drug-likeness (QED) is 0.0948. The van der Waals surface area contributed by atoms with Gasteiger partial charge in [-0.05, 0) is 87.5 Å². The van der Waals surface area contributed by atoms with Gasteiger partial charge in [0.05, 0.1) is 21.2 Å². The Bertz CT molecular complexity index is 1810. The van der Waals surface area contributed by atoms with Crippen LogP contribution in [0.1, 0.15) is 43.9 Å². The van der Waals surface area contributed by atoms with E-state index in [0.29, 0.717) is 40.1 Å². The Morgan fingerprint density at radius 3 is 1.50 bits per heavy atom. The SMILES string of the molecule is CCCc1ccc(Nc2nc(NN=C(C)c3ccc(S(=O)(=O)NC)cc3)cc(NN=C(C)c3ccc(S(=O)(=O)NC)cc3)n2)cc1. The molecule has 0 saturated heterocycles. The molecule has 15 heteroatoms. The summed E-state index contributed by atoms with van der Waals surface area (Å²) in [5.74, 6) is 1.02. The van der Waals surface area contributed by atoms with Crippen LogP contribution < -0.4 is 25.6 Å². The van der Waals surface area contributed by atoms with E-state index < -0.39 is 20.0 Å². The largest absolute Gasteiger partial charge is 0.324 e. The second kappa shape index (κ2) is 15.1. The summed E-state index contributed by atoms with van der Waals surface area (Å²) >= 11 is 0. The number of aryl methyl sites for hydroxylation is 1. The lowest BCUT2D eigenvalue weighted by Gasteiger charge is -2.11. The van der Waals surface area contributed by atoms with Crippen molar-refractivity contribution in [1.29, 1.82) is 0 Å². The van der Waals surface area contributed by atoms with Crippen LogP contribution in [0.25, 0.3) is 0 Å². The minimum Gasteiger partial charge on any atom is -0.324 e. The molecule has 5 N–H and O–H groups in total. The van der Waals surface area contributed by atoms with E-state index in [0.717, 1.165) is 18.5 Å². The first kappa shape index (κ1) is 34.2. The predicted molar refractivity (Wildman–Crippen MR) is 183 cm³/mol. The maximum atomic E-state index is 12.1. The summed E-state index contributed by atoms with van der Waals surface area (Å²) in [5.41, 5.74) is 10.6. The highest BCUT2D eigenvalue weighted by Gasteiger charge is 2.13. The molecule has 3 aromatic carbocycles. The highest BCUT2D eigenvalue weighted by molar-refractivity contribution is 7.89. The van der Waals surface area contributed by atoms with E-state index in [2.05, 4.69) is 64.8 Å². The lowest BCUT2D eigenvalue weighted by molar-refractivity contribution is 0.586. The third-order valence-corrected chi connectivity index (χ3v) is 9.71. The van der Waals surface area contributed by atoms with Gasteiger partial charge in [0.15, 0.2) is 11.6 Å². The zero-order valence-electron chi connectivity index (χ0n) is 26.2. The summed E-state index contributed by atoms with van der Waals surface area (Å²) in [6, 6.07) is 22.4. The van der Waals surface area contributed by atoms with Crippen molar-refractivity contribution in [3.05, 3.63) is 95.6 Å². The fourth-order valence-electron chi connectivity index (χ4n) is 4.19. The number of nitrogens with zero attached hydrogens (tertiary/aromatic N) is 4. The van der Waals surface area contributed by atoms with Crippen molar-refractivity contribution in [2.45, 2.75) is 43.4 Å². The second-order valence-electron chi connectivity index (χ2n) is 10.1. The summed E-state index contributed by atoms with van der Waals surface area (Å²) in [4.78, 5) is 9.42. The molecule has 1 aromatic heterocycles. The van der Waals surface area contributed by atoms with Gasteiger partial charge >= 0.3 is 0 Å². The van der Waals surface area contributed by atoms with Crippen LogP contribution in [0.5, 0.6) is 0 Å². The molecule has 46 heavy (non-hydrogen) atoms. The molecular weight excluding hydrogens is 627 g/mol. The van der Waals surface area contributed by atoms with Crippen LogP contribution in [0.3, 0.4) is 0 Å². The highest BCUT2D eigenvalue weighted by Crippen LogP contribution is 2.20. The number of benzene rings is 3. The molecule has 13 nitrogen and oxygen atoms in total. The van der Waals surface area contributed by atoms with Crippen LogP contribution in [0.2, 0.25) is 0 Å². The van der Waals surface area contributed by atoms with Crippen LogP contribution >= 0.6 is 0 Å². The molecule has 0 aliphatic carbocycles. The molecular formula is C31H37N9O4S2. The van der Waals surface area contributed by atoms with E-state index >= 15 is 0 Å². The topological polar surface area (TPSA) is 179 Å². The van der Waals surface area contributed by atoms with Gasteiger partial charge in [-0.15, -0.1) is 0 Å². The van der Waals surface area contributed by atoms with Gasteiger partial charge in [0.2, 0.25) is 26.0 Å². The molecule has 4 rings (SSSR count). The van der Waals surface area contributed by atoms with Crippen molar-refractivity contribution in [2.75, 3.05) is 30.3 Å². The number of hydrazone groups is 2. The number of hydrogen-bond donors (Lipinski definition) is 5. The van der Waals surface area contributed by atoms with Gasteiger partial charge in [-0.2, -0.15) is 20.2 Å². The van der Waals surface area contributed by atoms with Crippen molar-refractivity contribution in [1.82, 2.24) is 19.4 Å². The van der Waals surface area contributed by atoms with E-state index in [9.17, 15) is 16.8 Å². The van der Waals surface area contributed by atoms with Gasteiger partial charge in [-0.3, -0.25) is 10.9 Å². The van der Waals surface area contributed by atoms with Gasteiger partial charge in [0, 0.05) is 11.8 Å². The van der Waals surface area contributed by atoms with Crippen molar-refractivity contribution >= 4 is 54.7 Å². The van der Waals surface area contributed by atoms with Gasteiger partial charge in [-0.25, -0.2) is 26.3 Å². The van der Waals surface area contributed by atoms with Crippen LogP contribution in [-0.4, -0.2) is 52.3 Å². The Morgan fingerprint density at radius 1 is 0.674 bits per heavy atom. The van der Waals surface area contributed by atoms with Crippen molar-refractivity contribution in [3.8, 4) is 0 Å². The molecule has 0 unspecified atom stereocenters. The zero-order chi connectivity index (χ0) is 33.3. The van der Waals surface area contributed by atoms with Gasteiger partial charge in [0.1, 0.15) is 0 Å². The molecule has 0 amide bonds. The Hall–Kier alpha value is -4.70. The molecule has 0 bridgehead atoms. The average Bonchev–Trinajstić information content (AvgIpc) is 3.07. The van der Waals surface area contributed by atoms with Crippen molar-refractivity contribution in [3.63, 3.8) is 0 Å². The Morgan fingerprint density at radius 2 is 1.11 bits per heavy atom. The summed E-state index contributed by atoms with van der Waals surface area (Å²) in [6.07, 6.45) is 2.04. The van der Waals surface area contributed by atoms with Crippen LogP contribution in [0.4, 0.5) is 23.3 Å². The van der Waals surface area contributed by atoms with E-state index in [1.165, 1.54) is 43.9 Å². The third-order valence-electron chi connectivity index (χ3n) is 6.85. The van der Waals surface area contributed by atoms with E-state index in [4.69, 9.17) is 0 Å². The number of nitrogens with one attached hydrogen (secondary N) is 5. The summed E-state index contributed by atoms with van der Waals surface area (Å²) in [6.45, 7) is 5.70. The number of hydrogen-bond acceptors (Lipinski definition) is 11. The first-order chi connectivity index (χ1) is 21.9. The molecule has 0 spiro atoms. The van der Waals surface area contributed by atoms with E-state index in [1.54, 1.807) is 44.2 Å². The first-order valence-electron chi connectivity index (χ1n) is 14.4. The van der Waals surface area contributed by atoms with Gasteiger partial charge < -0.3 is 5.32 Å². The number of rotatable bonds is 14. The number of aromatic nitrogens is 2. The van der Waals surface area contributed by atoms with E-state index in [1.807, 2.05) is 12.1 Å². The monoisotopic (exact) mass is 663 g/mol. The molecule has 0 aliphatic rings. The normalized spacial score (nSPS) is 12.5. The fraction of sp³-hybridized carbons (Fsp3) is 0.226. The maximum Gasteiger partial charge on any atom is 0.240 e. The lowest BCUT2D eigenvalue weighted by atomic mass is 10.1. The molecule has 0 aliphatic heterocycles. The molecule has 0 fully saturated rings. The summed E-state index contributed by atoms with van der Waals surface area (Å²) in [5, 5.41) is 12.1. The average molecular weight is 664 g/mol. The Labute approximate surface area is 269 Å². The summed E-state index contributed by atoms with van der Waals surface area (Å²) < 4.78 is 52.8. The minimum absolute atomic E-state index is 0.152. The molecule has 0 radical (unpaired) electrons. The maximum absolute atomic E-state index is 12.1. The van der Waals surface area contributed by atoms with Gasteiger partial charge in [-0.1, -0.05) is 49.7 Å². The predicted octanol–water partition coefficient (Wildman–Crippen LogP) is 4.66. The Balaban J connectivity index is 1.59. The molecule has 0 saturated carbocycles. The highest BCUT2D eigenvalue weighted by atomic mass is 32.2. The fourth-order valence-corrected chi connectivity index (χ4v) is 5.65. The number of anilines is 4. The minimum atomic E-state index is -3.55. The Kier molecular flexibility index (Phi) is 11.2. The molecule has 0 atom stereocenters. The molecule has 242 valence electrons. The van der Waals surface area contributed by atoms with Crippen LogP contribution in [0.15, 0.2) is 98.9 Å². The van der Waals surface area contributed by atoms with Gasteiger partial charge in [0.25, 0.3) is 0 Å². The lowest BCUT2D eigenvalue weighted by Crippen LogP contribution is -2.18. The smallest absolute Gasteiger partial charge is 0.240 e. The summed E-state index contributed by atoms with van der Waals surface area (Å²) in [7, 11) is -4.38. The zero-order valence-corrected chi connectivity index (χ0v) is 27.8. The van der Waals surface area contributed by atoms with Crippen molar-refractivity contribution < 1.29 is 16.8 Å². The van der Waals surface area contributed by atoms with Crippen molar-refractivity contribution in [2.24, 2.45) is 10.2 Å². The number of sulfonamides is 2. The first-order valence-corrected chi connectivity index (χ1v) is 17.3. The van der Waals surface area contributed by atoms with E-state index in [-0.39, 0.29) is 9.79 Å². The second-order valence-corrected chi connectivity index (χ2v) is 13.9. The van der Waals surface area contributed by atoms with Crippen LogP contribution in [0, 0.1) is 0 Å². The van der Waals surface area contributed by atoms with Crippen LogP contribution in [-0.2, 0) is 26.5 Å². The molecule has 1 heterocycles. The third kappa shape index (κ3) is 8.94. The standard InChI is InChI=1S/C31H37N9O4S2/c1-6-7-23-8-14-26(15-9-23)34-31-35-29(39-37-21(2)24-10-16-27(17-11-24)45(41,42)32-4)20-30(36-31)40-38-22(3)25-12-18-28(19-13-25)46(43,44)33-5/h8-20,32-33H,6-7H2,1-5H3,(H3,34,35,36,39,40).